The van der Waals surface area contributed by atoms with Gasteiger partial charge in [0.2, 0.25) is 0 Å². The summed E-state index contributed by atoms with van der Waals surface area (Å²) >= 11 is 6.14. The largest absolute Gasteiger partial charge is 0.123 e. The maximum Gasteiger partial charge on any atom is 0.0341 e. The van der Waals surface area contributed by atoms with Crippen LogP contribution in [0.2, 0.25) is 0 Å². The van der Waals surface area contributed by atoms with Crippen molar-refractivity contribution < 1.29 is 0 Å². The minimum atomic E-state index is 0.469. The standard InChI is InChI=1S/C12H23Cl/c1-3-4-5-6-8-12(2)9-7-11(13)10-12/h11H,3-10H2,1-2H3. The molecule has 1 saturated carbocycles. The van der Waals surface area contributed by atoms with Crippen LogP contribution in [0.25, 0.3) is 0 Å². The summed E-state index contributed by atoms with van der Waals surface area (Å²) in [5.74, 6) is 0. The molecule has 0 amide bonds. The number of unbranched alkanes of at least 4 members (excludes halogenated alkanes) is 3. The van der Waals surface area contributed by atoms with E-state index in [1.54, 1.807) is 0 Å². The first-order valence-corrected chi connectivity index (χ1v) is 6.24. The number of hydrogen-bond donors (Lipinski definition) is 0. The Morgan fingerprint density at radius 3 is 2.62 bits per heavy atom. The Morgan fingerprint density at radius 1 is 1.31 bits per heavy atom. The smallest absolute Gasteiger partial charge is 0.0341 e. The van der Waals surface area contributed by atoms with Gasteiger partial charge in [-0.1, -0.05) is 39.5 Å². The summed E-state index contributed by atoms with van der Waals surface area (Å²) in [7, 11) is 0. The number of alkyl halides is 1. The summed E-state index contributed by atoms with van der Waals surface area (Å²) < 4.78 is 0. The molecule has 2 unspecified atom stereocenters. The van der Waals surface area contributed by atoms with Gasteiger partial charge in [-0.3, -0.25) is 0 Å². The van der Waals surface area contributed by atoms with Gasteiger partial charge in [-0.15, -0.1) is 11.6 Å². The fourth-order valence-electron chi connectivity index (χ4n) is 2.45. The quantitative estimate of drug-likeness (QED) is 0.446. The van der Waals surface area contributed by atoms with Crippen molar-refractivity contribution in [3.63, 3.8) is 0 Å². The molecule has 1 fully saturated rings. The third-order valence-electron chi connectivity index (χ3n) is 3.41. The second-order valence-corrected chi connectivity index (χ2v) is 5.58. The normalized spacial score (nSPS) is 33.9. The van der Waals surface area contributed by atoms with E-state index >= 15 is 0 Å². The molecule has 0 aromatic rings. The molecule has 0 aliphatic heterocycles. The lowest BCUT2D eigenvalue weighted by Crippen LogP contribution is -2.11. The van der Waals surface area contributed by atoms with Gasteiger partial charge in [0.1, 0.15) is 0 Å². The number of rotatable bonds is 5. The van der Waals surface area contributed by atoms with Crippen molar-refractivity contribution in [3.8, 4) is 0 Å². The lowest BCUT2D eigenvalue weighted by atomic mass is 9.83. The van der Waals surface area contributed by atoms with Crippen LogP contribution in [0.15, 0.2) is 0 Å². The Labute approximate surface area is 88.1 Å². The molecular weight excluding hydrogens is 180 g/mol. The molecule has 0 heterocycles. The van der Waals surface area contributed by atoms with Crippen molar-refractivity contribution in [2.75, 3.05) is 0 Å². The summed E-state index contributed by atoms with van der Waals surface area (Å²) in [4.78, 5) is 0. The minimum Gasteiger partial charge on any atom is -0.123 e. The Bertz CT molecular complexity index is 144. The van der Waals surface area contributed by atoms with Crippen LogP contribution in [0.1, 0.15) is 65.2 Å². The molecule has 0 aromatic heterocycles. The lowest BCUT2D eigenvalue weighted by molar-refractivity contribution is 0.295. The molecule has 78 valence electrons. The van der Waals surface area contributed by atoms with Crippen LogP contribution in [0.4, 0.5) is 0 Å². The molecule has 1 aliphatic carbocycles. The van der Waals surface area contributed by atoms with Gasteiger partial charge in [0, 0.05) is 5.38 Å². The molecule has 0 spiro atoms. The maximum absolute atomic E-state index is 6.14. The fourth-order valence-corrected chi connectivity index (χ4v) is 2.93. The summed E-state index contributed by atoms with van der Waals surface area (Å²) in [5, 5.41) is 0.469. The van der Waals surface area contributed by atoms with E-state index in [0.29, 0.717) is 10.8 Å². The first-order chi connectivity index (χ1) is 6.16. The second kappa shape index (κ2) is 5.24. The van der Waals surface area contributed by atoms with Gasteiger partial charge in [0.05, 0.1) is 0 Å². The zero-order valence-electron chi connectivity index (χ0n) is 9.11. The van der Waals surface area contributed by atoms with Crippen molar-refractivity contribution >= 4 is 11.6 Å². The van der Waals surface area contributed by atoms with Crippen LogP contribution < -0.4 is 0 Å². The van der Waals surface area contributed by atoms with Crippen LogP contribution in [-0.2, 0) is 0 Å². The molecule has 2 atom stereocenters. The molecular formula is C12H23Cl. The van der Waals surface area contributed by atoms with Crippen LogP contribution in [0, 0.1) is 5.41 Å². The Balaban J connectivity index is 2.12. The topological polar surface area (TPSA) is 0 Å². The first kappa shape index (κ1) is 11.4. The highest BCUT2D eigenvalue weighted by atomic mass is 35.5. The fraction of sp³-hybridized carbons (Fsp3) is 1.00. The van der Waals surface area contributed by atoms with Crippen LogP contribution in [0.5, 0.6) is 0 Å². The monoisotopic (exact) mass is 202 g/mol. The average molecular weight is 203 g/mol. The average Bonchev–Trinajstić information content (AvgIpc) is 2.41. The molecule has 13 heavy (non-hydrogen) atoms. The Morgan fingerprint density at radius 2 is 2.08 bits per heavy atom. The van der Waals surface area contributed by atoms with E-state index in [2.05, 4.69) is 13.8 Å². The highest BCUT2D eigenvalue weighted by molar-refractivity contribution is 6.20. The van der Waals surface area contributed by atoms with Gasteiger partial charge in [-0.2, -0.15) is 0 Å². The lowest BCUT2D eigenvalue weighted by Gasteiger charge is -2.23. The van der Waals surface area contributed by atoms with E-state index in [-0.39, 0.29) is 0 Å². The molecule has 0 nitrogen and oxygen atoms in total. The molecule has 0 bridgehead atoms. The van der Waals surface area contributed by atoms with E-state index in [1.165, 1.54) is 51.4 Å². The number of hydrogen-bond acceptors (Lipinski definition) is 0. The SMILES string of the molecule is CCCCCCC1(C)CCC(Cl)C1. The van der Waals surface area contributed by atoms with Gasteiger partial charge >= 0.3 is 0 Å². The molecule has 0 aromatic carbocycles. The van der Waals surface area contributed by atoms with Gasteiger partial charge in [-0.05, 0) is 31.1 Å². The molecule has 0 saturated heterocycles. The maximum atomic E-state index is 6.14. The van der Waals surface area contributed by atoms with E-state index < -0.39 is 0 Å². The predicted molar refractivity (Wildman–Crippen MR) is 60.4 cm³/mol. The van der Waals surface area contributed by atoms with Gasteiger partial charge in [0.15, 0.2) is 0 Å². The third-order valence-corrected chi connectivity index (χ3v) is 3.78. The Kier molecular flexibility index (Phi) is 4.58. The van der Waals surface area contributed by atoms with Gasteiger partial charge in [-0.25, -0.2) is 0 Å². The molecule has 0 N–H and O–H groups in total. The Hall–Kier alpha value is 0.290. The van der Waals surface area contributed by atoms with E-state index in [9.17, 15) is 0 Å². The first-order valence-electron chi connectivity index (χ1n) is 5.80. The molecule has 1 aliphatic rings. The highest BCUT2D eigenvalue weighted by Crippen LogP contribution is 2.43. The zero-order chi connectivity index (χ0) is 9.73. The van der Waals surface area contributed by atoms with Gasteiger partial charge in [0.25, 0.3) is 0 Å². The third kappa shape index (κ3) is 3.89. The molecule has 1 heteroatoms. The van der Waals surface area contributed by atoms with Crippen molar-refractivity contribution in [2.24, 2.45) is 5.41 Å². The summed E-state index contributed by atoms with van der Waals surface area (Å²) in [6.45, 7) is 4.69. The van der Waals surface area contributed by atoms with Crippen LogP contribution >= 0.6 is 11.6 Å². The highest BCUT2D eigenvalue weighted by Gasteiger charge is 2.33. The van der Waals surface area contributed by atoms with Gasteiger partial charge < -0.3 is 0 Å². The zero-order valence-corrected chi connectivity index (χ0v) is 9.87. The van der Waals surface area contributed by atoms with E-state index in [4.69, 9.17) is 11.6 Å². The van der Waals surface area contributed by atoms with Crippen LogP contribution in [-0.4, -0.2) is 5.38 Å². The van der Waals surface area contributed by atoms with Crippen molar-refractivity contribution in [1.29, 1.82) is 0 Å². The molecule has 1 rings (SSSR count). The van der Waals surface area contributed by atoms with Crippen molar-refractivity contribution in [1.82, 2.24) is 0 Å². The van der Waals surface area contributed by atoms with E-state index in [0.717, 1.165) is 0 Å². The minimum absolute atomic E-state index is 0.469. The predicted octanol–water partition coefficient (Wildman–Crippen LogP) is 4.75. The summed E-state index contributed by atoms with van der Waals surface area (Å²) in [5.41, 5.74) is 0.583. The summed E-state index contributed by atoms with van der Waals surface area (Å²) in [6, 6.07) is 0. The molecule has 0 radical (unpaired) electrons. The number of halogens is 1. The summed E-state index contributed by atoms with van der Waals surface area (Å²) in [6.07, 6.45) is 10.8. The van der Waals surface area contributed by atoms with Crippen LogP contribution in [0.3, 0.4) is 0 Å². The van der Waals surface area contributed by atoms with Crippen molar-refractivity contribution in [3.05, 3.63) is 0 Å². The van der Waals surface area contributed by atoms with E-state index in [1.807, 2.05) is 0 Å². The second-order valence-electron chi connectivity index (χ2n) is 4.96. The van der Waals surface area contributed by atoms with Crippen molar-refractivity contribution in [2.45, 2.75) is 70.6 Å².